The predicted octanol–water partition coefficient (Wildman–Crippen LogP) is 2.31. The number of hydrogen-bond acceptors (Lipinski definition) is 1. The standard InChI is InChI=1S/C11H18N2O/c1-2-9-10(13-11(14)12-9)8-6-4-3-5-7-8/h8H,2-7H2,1H3,(H2,12,13,14). The number of aromatic amines is 2. The van der Waals surface area contributed by atoms with Crippen LogP contribution in [0.25, 0.3) is 0 Å². The molecule has 1 aromatic rings. The lowest BCUT2D eigenvalue weighted by atomic mass is 9.86. The first-order valence-electron chi connectivity index (χ1n) is 5.62. The van der Waals surface area contributed by atoms with Crippen molar-refractivity contribution in [3.8, 4) is 0 Å². The summed E-state index contributed by atoms with van der Waals surface area (Å²) in [5.41, 5.74) is 2.25. The van der Waals surface area contributed by atoms with E-state index >= 15 is 0 Å². The summed E-state index contributed by atoms with van der Waals surface area (Å²) in [5, 5.41) is 0. The topological polar surface area (TPSA) is 48.6 Å². The van der Waals surface area contributed by atoms with Crippen LogP contribution >= 0.6 is 0 Å². The molecule has 0 amide bonds. The summed E-state index contributed by atoms with van der Waals surface area (Å²) in [4.78, 5) is 17.0. The molecule has 2 N–H and O–H groups in total. The highest BCUT2D eigenvalue weighted by Crippen LogP contribution is 2.32. The van der Waals surface area contributed by atoms with Crippen LogP contribution in [-0.4, -0.2) is 9.97 Å². The smallest absolute Gasteiger partial charge is 0.310 e. The fourth-order valence-electron chi connectivity index (χ4n) is 2.45. The molecule has 2 rings (SSSR count). The lowest BCUT2D eigenvalue weighted by molar-refractivity contribution is 0.435. The zero-order valence-corrected chi connectivity index (χ0v) is 8.73. The number of hydrogen-bond donors (Lipinski definition) is 2. The van der Waals surface area contributed by atoms with Gasteiger partial charge in [0.05, 0.1) is 0 Å². The van der Waals surface area contributed by atoms with E-state index in [4.69, 9.17) is 0 Å². The molecular formula is C11H18N2O. The lowest BCUT2D eigenvalue weighted by Gasteiger charge is -2.21. The number of aryl methyl sites for hydroxylation is 1. The largest absolute Gasteiger partial charge is 0.323 e. The Bertz CT molecular complexity index is 344. The fourth-order valence-corrected chi connectivity index (χ4v) is 2.45. The molecule has 1 fully saturated rings. The van der Waals surface area contributed by atoms with Gasteiger partial charge < -0.3 is 9.97 Å². The van der Waals surface area contributed by atoms with E-state index in [0.29, 0.717) is 5.92 Å². The average Bonchev–Trinajstić information content (AvgIpc) is 2.61. The second-order valence-corrected chi connectivity index (χ2v) is 4.16. The second-order valence-electron chi connectivity index (χ2n) is 4.16. The molecule has 0 spiro atoms. The molecule has 3 nitrogen and oxygen atoms in total. The Kier molecular flexibility index (Phi) is 2.75. The number of nitrogens with one attached hydrogen (secondary N) is 2. The van der Waals surface area contributed by atoms with Gasteiger partial charge in [-0.25, -0.2) is 4.79 Å². The summed E-state index contributed by atoms with van der Waals surface area (Å²) >= 11 is 0. The van der Waals surface area contributed by atoms with Crippen molar-refractivity contribution < 1.29 is 0 Å². The van der Waals surface area contributed by atoms with Gasteiger partial charge in [0.15, 0.2) is 0 Å². The Hall–Kier alpha value is -0.990. The van der Waals surface area contributed by atoms with Crippen LogP contribution in [0.2, 0.25) is 0 Å². The zero-order valence-electron chi connectivity index (χ0n) is 8.73. The molecule has 1 aliphatic rings. The number of rotatable bonds is 2. The molecular weight excluding hydrogens is 176 g/mol. The van der Waals surface area contributed by atoms with E-state index in [0.717, 1.165) is 12.1 Å². The van der Waals surface area contributed by atoms with Gasteiger partial charge in [-0.15, -0.1) is 0 Å². The van der Waals surface area contributed by atoms with Gasteiger partial charge in [-0.3, -0.25) is 0 Å². The van der Waals surface area contributed by atoms with Crippen LogP contribution in [-0.2, 0) is 6.42 Å². The summed E-state index contributed by atoms with van der Waals surface area (Å²) in [6.07, 6.45) is 7.36. The van der Waals surface area contributed by atoms with Gasteiger partial charge in [-0.1, -0.05) is 26.2 Å². The Morgan fingerprint density at radius 2 is 1.93 bits per heavy atom. The van der Waals surface area contributed by atoms with Crippen LogP contribution < -0.4 is 5.69 Å². The van der Waals surface area contributed by atoms with Crippen LogP contribution in [0.5, 0.6) is 0 Å². The van der Waals surface area contributed by atoms with Crippen LogP contribution in [0.15, 0.2) is 4.79 Å². The fraction of sp³-hybridized carbons (Fsp3) is 0.727. The van der Waals surface area contributed by atoms with E-state index in [1.54, 1.807) is 0 Å². The Balaban J connectivity index is 2.24. The Morgan fingerprint density at radius 3 is 2.57 bits per heavy atom. The first-order chi connectivity index (χ1) is 6.81. The molecule has 1 saturated carbocycles. The third-order valence-corrected chi connectivity index (χ3v) is 3.20. The van der Waals surface area contributed by atoms with E-state index in [-0.39, 0.29) is 5.69 Å². The summed E-state index contributed by atoms with van der Waals surface area (Å²) in [5.74, 6) is 0.595. The van der Waals surface area contributed by atoms with Crippen molar-refractivity contribution in [2.75, 3.05) is 0 Å². The molecule has 14 heavy (non-hydrogen) atoms. The van der Waals surface area contributed by atoms with Gasteiger partial charge in [0.2, 0.25) is 0 Å². The molecule has 0 bridgehead atoms. The van der Waals surface area contributed by atoms with Crippen molar-refractivity contribution in [2.45, 2.75) is 51.4 Å². The van der Waals surface area contributed by atoms with E-state index in [1.807, 2.05) is 0 Å². The molecule has 1 heterocycles. The van der Waals surface area contributed by atoms with Crippen molar-refractivity contribution in [2.24, 2.45) is 0 Å². The molecule has 0 unspecified atom stereocenters. The van der Waals surface area contributed by atoms with Crippen molar-refractivity contribution in [3.63, 3.8) is 0 Å². The molecule has 78 valence electrons. The van der Waals surface area contributed by atoms with Gasteiger partial charge in [0, 0.05) is 17.3 Å². The molecule has 0 aromatic carbocycles. The maximum absolute atomic E-state index is 11.2. The van der Waals surface area contributed by atoms with Gasteiger partial charge in [0.25, 0.3) is 0 Å². The van der Waals surface area contributed by atoms with E-state index < -0.39 is 0 Å². The van der Waals surface area contributed by atoms with Gasteiger partial charge in [0.1, 0.15) is 0 Å². The van der Waals surface area contributed by atoms with E-state index in [9.17, 15) is 4.79 Å². The first-order valence-corrected chi connectivity index (χ1v) is 5.62. The van der Waals surface area contributed by atoms with Crippen LogP contribution in [0, 0.1) is 0 Å². The molecule has 0 radical (unpaired) electrons. The minimum absolute atomic E-state index is 0.0394. The molecule has 0 atom stereocenters. The molecule has 0 aliphatic heterocycles. The first kappa shape index (κ1) is 9.56. The van der Waals surface area contributed by atoms with Crippen LogP contribution in [0.1, 0.15) is 56.3 Å². The third-order valence-electron chi connectivity index (χ3n) is 3.20. The van der Waals surface area contributed by atoms with Gasteiger partial charge >= 0.3 is 5.69 Å². The van der Waals surface area contributed by atoms with Crippen molar-refractivity contribution in [3.05, 3.63) is 21.9 Å². The van der Waals surface area contributed by atoms with Gasteiger partial charge in [-0.05, 0) is 19.3 Å². The highest BCUT2D eigenvalue weighted by molar-refractivity contribution is 5.16. The summed E-state index contributed by atoms with van der Waals surface area (Å²) in [7, 11) is 0. The van der Waals surface area contributed by atoms with Crippen molar-refractivity contribution in [1.29, 1.82) is 0 Å². The monoisotopic (exact) mass is 194 g/mol. The summed E-state index contributed by atoms with van der Waals surface area (Å²) in [6.45, 7) is 2.09. The van der Waals surface area contributed by atoms with E-state index in [2.05, 4.69) is 16.9 Å². The number of imidazole rings is 1. The van der Waals surface area contributed by atoms with Crippen LogP contribution in [0.4, 0.5) is 0 Å². The quantitative estimate of drug-likeness (QED) is 0.745. The predicted molar refractivity (Wildman–Crippen MR) is 56.6 cm³/mol. The maximum Gasteiger partial charge on any atom is 0.323 e. The highest BCUT2D eigenvalue weighted by atomic mass is 16.1. The van der Waals surface area contributed by atoms with Crippen molar-refractivity contribution in [1.82, 2.24) is 9.97 Å². The molecule has 0 saturated heterocycles. The number of aromatic nitrogens is 2. The Labute approximate surface area is 83.9 Å². The van der Waals surface area contributed by atoms with Crippen molar-refractivity contribution >= 4 is 0 Å². The van der Waals surface area contributed by atoms with Crippen LogP contribution in [0.3, 0.4) is 0 Å². The minimum atomic E-state index is -0.0394. The minimum Gasteiger partial charge on any atom is -0.310 e. The second kappa shape index (κ2) is 4.03. The summed E-state index contributed by atoms with van der Waals surface area (Å²) in [6, 6.07) is 0. The average molecular weight is 194 g/mol. The van der Waals surface area contributed by atoms with E-state index in [1.165, 1.54) is 37.8 Å². The highest BCUT2D eigenvalue weighted by Gasteiger charge is 2.19. The number of H-pyrrole nitrogens is 2. The molecule has 3 heteroatoms. The SMILES string of the molecule is CCc1[nH]c(=O)[nH]c1C1CCCCC1. The molecule has 1 aliphatic carbocycles. The third kappa shape index (κ3) is 1.76. The Morgan fingerprint density at radius 1 is 1.21 bits per heavy atom. The molecule has 1 aromatic heterocycles. The lowest BCUT2D eigenvalue weighted by Crippen LogP contribution is -2.08. The normalized spacial score (nSPS) is 18.6. The summed E-state index contributed by atoms with van der Waals surface area (Å²) < 4.78 is 0. The van der Waals surface area contributed by atoms with Gasteiger partial charge in [-0.2, -0.15) is 0 Å². The zero-order chi connectivity index (χ0) is 9.97. The maximum atomic E-state index is 11.2.